The second-order valence-electron chi connectivity index (χ2n) is 5.41. The molecule has 0 radical (unpaired) electrons. The van der Waals surface area contributed by atoms with E-state index in [2.05, 4.69) is 10.3 Å². The van der Waals surface area contributed by atoms with E-state index in [9.17, 15) is 8.78 Å². The van der Waals surface area contributed by atoms with Gasteiger partial charge in [-0.05, 0) is 31.0 Å². The molecule has 1 aromatic carbocycles. The predicted molar refractivity (Wildman–Crippen MR) is 81.3 cm³/mol. The Balaban J connectivity index is 1.68. The third-order valence-electron chi connectivity index (χ3n) is 3.76. The molecule has 122 valence electrons. The Morgan fingerprint density at radius 2 is 2.00 bits per heavy atom. The van der Waals surface area contributed by atoms with Crippen molar-refractivity contribution in [1.29, 1.82) is 0 Å². The lowest BCUT2D eigenvalue weighted by Gasteiger charge is -2.23. The van der Waals surface area contributed by atoms with Gasteiger partial charge in [-0.3, -0.25) is 0 Å². The van der Waals surface area contributed by atoms with E-state index in [1.54, 1.807) is 6.20 Å². The monoisotopic (exact) mass is 320 g/mol. The van der Waals surface area contributed by atoms with Crippen LogP contribution in [0.3, 0.4) is 0 Å². The van der Waals surface area contributed by atoms with Crippen molar-refractivity contribution in [3.05, 3.63) is 53.7 Å². The molecule has 0 aliphatic carbocycles. The summed E-state index contributed by atoms with van der Waals surface area (Å²) in [5.74, 6) is -1.24. The molecule has 0 atom stereocenters. The fourth-order valence-corrected chi connectivity index (χ4v) is 2.46. The molecule has 1 fully saturated rings. The molecule has 1 aliphatic rings. The van der Waals surface area contributed by atoms with Gasteiger partial charge in [0.1, 0.15) is 5.75 Å². The Kier molecular flexibility index (Phi) is 5.15. The van der Waals surface area contributed by atoms with Crippen LogP contribution in [0.15, 0.2) is 36.5 Å². The summed E-state index contributed by atoms with van der Waals surface area (Å²) in [5.41, 5.74) is 0.865. The first-order chi connectivity index (χ1) is 11.2. The highest BCUT2D eigenvalue weighted by Crippen LogP contribution is 2.24. The largest absolute Gasteiger partial charge is 0.439 e. The molecule has 0 amide bonds. The number of nitrogens with zero attached hydrogens (tertiary/aromatic N) is 1. The molecule has 0 spiro atoms. The first-order valence-electron chi connectivity index (χ1n) is 7.60. The van der Waals surface area contributed by atoms with Gasteiger partial charge in [-0.1, -0.05) is 6.07 Å². The number of ether oxygens (including phenoxy) is 2. The van der Waals surface area contributed by atoms with Crippen molar-refractivity contribution in [3.8, 4) is 11.6 Å². The minimum absolute atomic E-state index is 0.218. The van der Waals surface area contributed by atoms with Gasteiger partial charge in [-0.15, -0.1) is 0 Å². The minimum Gasteiger partial charge on any atom is -0.439 e. The average Bonchev–Trinajstić information content (AvgIpc) is 2.58. The lowest BCUT2D eigenvalue weighted by Crippen LogP contribution is -2.34. The fourth-order valence-electron chi connectivity index (χ4n) is 2.46. The van der Waals surface area contributed by atoms with Gasteiger partial charge in [0, 0.05) is 43.6 Å². The van der Waals surface area contributed by atoms with Crippen molar-refractivity contribution in [2.75, 3.05) is 13.2 Å². The summed E-state index contributed by atoms with van der Waals surface area (Å²) < 4.78 is 37.2. The Morgan fingerprint density at radius 1 is 1.17 bits per heavy atom. The maximum atomic E-state index is 13.3. The molecule has 1 aliphatic heterocycles. The van der Waals surface area contributed by atoms with Crippen LogP contribution in [0.25, 0.3) is 0 Å². The van der Waals surface area contributed by atoms with Gasteiger partial charge in [0.25, 0.3) is 0 Å². The Labute approximate surface area is 133 Å². The van der Waals surface area contributed by atoms with Crippen molar-refractivity contribution in [1.82, 2.24) is 10.3 Å². The molecule has 0 bridgehead atoms. The van der Waals surface area contributed by atoms with Gasteiger partial charge < -0.3 is 14.8 Å². The highest BCUT2D eigenvalue weighted by atomic mass is 19.2. The highest BCUT2D eigenvalue weighted by molar-refractivity contribution is 5.32. The van der Waals surface area contributed by atoms with Crippen LogP contribution < -0.4 is 10.1 Å². The molecular weight excluding hydrogens is 302 g/mol. The molecule has 2 heterocycles. The molecule has 4 nitrogen and oxygen atoms in total. The summed E-state index contributed by atoms with van der Waals surface area (Å²) in [5, 5.41) is 3.45. The van der Waals surface area contributed by atoms with Crippen LogP contribution >= 0.6 is 0 Å². The van der Waals surface area contributed by atoms with E-state index in [0.717, 1.165) is 43.8 Å². The molecule has 1 aromatic heterocycles. The van der Waals surface area contributed by atoms with Crippen molar-refractivity contribution < 1.29 is 18.3 Å². The summed E-state index contributed by atoms with van der Waals surface area (Å²) in [6, 6.07) is 7.55. The second-order valence-corrected chi connectivity index (χ2v) is 5.41. The maximum Gasteiger partial charge on any atom is 0.223 e. The Bertz CT molecular complexity index is 661. The predicted octanol–water partition coefficient (Wildman–Crippen LogP) is 3.42. The normalized spacial score (nSPS) is 15.6. The zero-order valence-electron chi connectivity index (χ0n) is 12.6. The van der Waals surface area contributed by atoms with Gasteiger partial charge in [0.15, 0.2) is 11.6 Å². The van der Waals surface area contributed by atoms with Crippen LogP contribution in [0.2, 0.25) is 0 Å². The van der Waals surface area contributed by atoms with Crippen molar-refractivity contribution in [3.63, 3.8) is 0 Å². The zero-order valence-corrected chi connectivity index (χ0v) is 12.6. The van der Waals surface area contributed by atoms with Crippen molar-refractivity contribution in [2.24, 2.45) is 0 Å². The third kappa shape index (κ3) is 4.24. The quantitative estimate of drug-likeness (QED) is 0.917. The number of nitrogens with one attached hydrogen (secondary N) is 1. The van der Waals surface area contributed by atoms with Gasteiger partial charge >= 0.3 is 0 Å². The van der Waals surface area contributed by atoms with E-state index in [1.807, 2.05) is 12.1 Å². The van der Waals surface area contributed by atoms with E-state index < -0.39 is 11.6 Å². The van der Waals surface area contributed by atoms with E-state index in [4.69, 9.17) is 9.47 Å². The number of aromatic nitrogens is 1. The molecular formula is C17H18F2N2O2. The average molecular weight is 320 g/mol. The van der Waals surface area contributed by atoms with E-state index in [0.29, 0.717) is 18.5 Å². The summed E-state index contributed by atoms with van der Waals surface area (Å²) in [4.78, 5) is 4.19. The first-order valence-corrected chi connectivity index (χ1v) is 7.60. The van der Waals surface area contributed by atoms with Crippen molar-refractivity contribution >= 4 is 0 Å². The van der Waals surface area contributed by atoms with Crippen LogP contribution in [0.5, 0.6) is 11.6 Å². The molecule has 1 saturated heterocycles. The number of hydrogen-bond donors (Lipinski definition) is 1. The minimum atomic E-state index is -0.944. The van der Waals surface area contributed by atoms with Crippen LogP contribution in [0.4, 0.5) is 8.78 Å². The lowest BCUT2D eigenvalue weighted by molar-refractivity contribution is 0.0775. The van der Waals surface area contributed by atoms with Crippen molar-refractivity contribution in [2.45, 2.75) is 25.4 Å². The summed E-state index contributed by atoms with van der Waals surface area (Å²) in [7, 11) is 0. The summed E-state index contributed by atoms with van der Waals surface area (Å²) in [6.07, 6.45) is 3.55. The first kappa shape index (κ1) is 15.8. The van der Waals surface area contributed by atoms with Gasteiger partial charge in [0.2, 0.25) is 5.88 Å². The number of rotatable bonds is 5. The Morgan fingerprint density at radius 3 is 2.78 bits per heavy atom. The molecule has 6 heteroatoms. The van der Waals surface area contributed by atoms with E-state index in [-0.39, 0.29) is 5.75 Å². The van der Waals surface area contributed by atoms with Crippen LogP contribution in [-0.2, 0) is 11.3 Å². The number of benzene rings is 1. The molecule has 2 aromatic rings. The third-order valence-corrected chi connectivity index (χ3v) is 3.76. The lowest BCUT2D eigenvalue weighted by atomic mass is 10.1. The second kappa shape index (κ2) is 7.48. The van der Waals surface area contributed by atoms with Gasteiger partial charge in [0.05, 0.1) is 0 Å². The molecule has 0 unspecified atom stereocenters. The Hall–Kier alpha value is -2.05. The fraction of sp³-hybridized carbons (Fsp3) is 0.353. The molecule has 3 rings (SSSR count). The van der Waals surface area contributed by atoms with E-state index >= 15 is 0 Å². The molecule has 1 N–H and O–H groups in total. The summed E-state index contributed by atoms with van der Waals surface area (Å²) >= 11 is 0. The molecule has 0 saturated carbocycles. The van der Waals surface area contributed by atoms with Crippen LogP contribution in [-0.4, -0.2) is 24.2 Å². The van der Waals surface area contributed by atoms with Crippen LogP contribution in [0.1, 0.15) is 18.4 Å². The zero-order chi connectivity index (χ0) is 16.1. The molecule has 23 heavy (non-hydrogen) atoms. The van der Waals surface area contributed by atoms with E-state index in [1.165, 1.54) is 6.07 Å². The van der Waals surface area contributed by atoms with Gasteiger partial charge in [-0.2, -0.15) is 0 Å². The van der Waals surface area contributed by atoms with Gasteiger partial charge in [-0.25, -0.2) is 13.8 Å². The topological polar surface area (TPSA) is 43.4 Å². The number of hydrogen-bond acceptors (Lipinski definition) is 4. The standard InChI is InChI=1S/C17H18F2N2O2/c18-15-4-3-14(10-16(15)19)23-17-12(2-1-7-20-17)11-21-13-5-8-22-9-6-13/h1-4,7,10,13,21H,5-6,8-9,11H2. The number of pyridine rings is 1. The van der Waals surface area contributed by atoms with Crippen LogP contribution in [0, 0.1) is 11.6 Å². The highest BCUT2D eigenvalue weighted by Gasteiger charge is 2.14. The maximum absolute atomic E-state index is 13.3. The SMILES string of the molecule is Fc1ccc(Oc2ncccc2CNC2CCOCC2)cc1F. The summed E-state index contributed by atoms with van der Waals surface area (Å²) in [6.45, 7) is 2.13. The smallest absolute Gasteiger partial charge is 0.223 e. The number of halogens is 2.